The van der Waals surface area contributed by atoms with Gasteiger partial charge in [-0.15, -0.1) is 0 Å². The summed E-state index contributed by atoms with van der Waals surface area (Å²) >= 11 is 14.8. The van der Waals surface area contributed by atoms with E-state index in [1.807, 2.05) is 37.3 Å². The van der Waals surface area contributed by atoms with Gasteiger partial charge in [-0.05, 0) is 60.6 Å². The molecule has 0 bridgehead atoms. The smallest absolute Gasteiger partial charge is 0.281 e. The lowest BCUT2D eigenvalue weighted by molar-refractivity contribution is -0.113. The zero-order valence-corrected chi connectivity index (χ0v) is 15.3. The third-order valence-corrected chi connectivity index (χ3v) is 4.72. The molecule has 1 amide bonds. The van der Waals surface area contributed by atoms with Crippen molar-refractivity contribution in [2.24, 2.45) is 0 Å². The van der Waals surface area contributed by atoms with Gasteiger partial charge in [-0.3, -0.25) is 9.69 Å². The molecule has 1 aliphatic heterocycles. The van der Waals surface area contributed by atoms with Crippen LogP contribution in [0.1, 0.15) is 11.1 Å². The van der Waals surface area contributed by atoms with Gasteiger partial charge in [0.05, 0.1) is 5.69 Å². The Morgan fingerprint density at radius 2 is 2.00 bits per heavy atom. The lowest BCUT2D eigenvalue weighted by atomic mass is 10.1. The minimum absolute atomic E-state index is 0.184. The first-order valence-corrected chi connectivity index (χ1v) is 8.43. The third kappa shape index (κ3) is 3.17. The summed E-state index contributed by atoms with van der Waals surface area (Å²) in [6.45, 7) is 1.90. The molecule has 1 fully saturated rings. The van der Waals surface area contributed by atoms with Gasteiger partial charge in [0.2, 0.25) is 0 Å². The van der Waals surface area contributed by atoms with Gasteiger partial charge in [-0.25, -0.2) is 0 Å². The van der Waals surface area contributed by atoms with E-state index in [9.17, 15) is 4.79 Å². The molecule has 1 N–H and O–H groups in total. The molecule has 2 aromatic carbocycles. The average Bonchev–Trinajstić information content (AvgIpc) is 2.77. The number of carbonyl (C=O) groups is 1. The third-order valence-electron chi connectivity index (χ3n) is 3.48. The fourth-order valence-corrected chi connectivity index (χ4v) is 3.29. The Bertz CT molecular complexity index is 850. The molecule has 0 aliphatic carbocycles. The molecule has 0 spiro atoms. The van der Waals surface area contributed by atoms with Crippen molar-refractivity contribution in [3.63, 3.8) is 0 Å². The van der Waals surface area contributed by atoms with Crippen molar-refractivity contribution in [3.05, 3.63) is 68.8 Å². The molecule has 1 aliphatic rings. The van der Waals surface area contributed by atoms with Crippen molar-refractivity contribution in [2.45, 2.75) is 6.92 Å². The number of halogens is 2. The number of carbonyl (C=O) groups excluding carboxylic acids is 1. The quantitative estimate of drug-likeness (QED) is 0.580. The summed E-state index contributed by atoms with van der Waals surface area (Å²) in [5.41, 5.74) is 2.96. The summed E-state index contributed by atoms with van der Waals surface area (Å²) in [5.74, 6) is -0.184. The van der Waals surface area contributed by atoms with Gasteiger partial charge in [0, 0.05) is 9.50 Å². The van der Waals surface area contributed by atoms with E-state index in [0.29, 0.717) is 15.8 Å². The molecule has 0 unspecified atom stereocenters. The lowest BCUT2D eigenvalue weighted by Gasteiger charge is -2.16. The first-order chi connectivity index (χ1) is 11.0. The number of amides is 1. The average molecular weight is 408 g/mol. The van der Waals surface area contributed by atoms with Gasteiger partial charge < -0.3 is 5.32 Å². The summed E-state index contributed by atoms with van der Waals surface area (Å²) < 4.78 is 0.911. The molecule has 0 atom stereocenters. The standard InChI is InChI=1S/C17H12BrClN2OS/c1-10-8-12(19)6-7-15(10)21-16(22)14(20-17(21)23)9-11-4-2-3-5-13(11)18/h2-9H,1H3,(H,20,23)/b14-9+. The molecule has 116 valence electrons. The van der Waals surface area contributed by atoms with Crippen LogP contribution in [0, 0.1) is 6.92 Å². The van der Waals surface area contributed by atoms with Gasteiger partial charge >= 0.3 is 0 Å². The summed E-state index contributed by atoms with van der Waals surface area (Å²) in [6, 6.07) is 13.0. The van der Waals surface area contributed by atoms with Crippen LogP contribution in [0.4, 0.5) is 5.69 Å². The number of hydrogen-bond acceptors (Lipinski definition) is 2. The molecule has 6 heteroatoms. The zero-order chi connectivity index (χ0) is 16.6. The Kier molecular flexibility index (Phi) is 4.53. The second-order valence-electron chi connectivity index (χ2n) is 5.08. The first kappa shape index (κ1) is 16.2. The molecule has 3 rings (SSSR count). The predicted molar refractivity (Wildman–Crippen MR) is 102 cm³/mol. The molecule has 1 saturated heterocycles. The molecule has 0 saturated carbocycles. The molecular weight excluding hydrogens is 396 g/mol. The maximum Gasteiger partial charge on any atom is 0.281 e. The van der Waals surface area contributed by atoms with E-state index in [-0.39, 0.29) is 5.91 Å². The van der Waals surface area contributed by atoms with Gasteiger partial charge in [-0.2, -0.15) is 0 Å². The zero-order valence-electron chi connectivity index (χ0n) is 12.1. The number of aryl methyl sites for hydroxylation is 1. The normalized spacial score (nSPS) is 16.1. The molecular formula is C17H12BrClN2OS. The lowest BCUT2D eigenvalue weighted by Crippen LogP contribution is -2.30. The number of nitrogens with zero attached hydrogens (tertiary/aromatic N) is 1. The number of hydrogen-bond donors (Lipinski definition) is 1. The second-order valence-corrected chi connectivity index (χ2v) is 6.76. The van der Waals surface area contributed by atoms with E-state index in [4.69, 9.17) is 23.8 Å². The molecule has 0 radical (unpaired) electrons. The van der Waals surface area contributed by atoms with E-state index < -0.39 is 0 Å². The Morgan fingerprint density at radius 3 is 2.70 bits per heavy atom. The fourth-order valence-electron chi connectivity index (χ4n) is 2.37. The van der Waals surface area contributed by atoms with E-state index in [1.165, 1.54) is 4.90 Å². The van der Waals surface area contributed by atoms with Crippen LogP contribution in [0.5, 0.6) is 0 Å². The van der Waals surface area contributed by atoms with E-state index in [0.717, 1.165) is 21.3 Å². The molecule has 2 aromatic rings. The summed E-state index contributed by atoms with van der Waals surface area (Å²) in [4.78, 5) is 14.2. The van der Waals surface area contributed by atoms with Crippen LogP contribution in [0.15, 0.2) is 52.6 Å². The predicted octanol–water partition coefficient (Wildman–Crippen LogP) is 4.67. The topological polar surface area (TPSA) is 32.3 Å². The van der Waals surface area contributed by atoms with Gasteiger partial charge in [0.25, 0.3) is 5.91 Å². The number of thiocarbonyl (C=S) groups is 1. The van der Waals surface area contributed by atoms with Crippen LogP contribution in [-0.2, 0) is 4.79 Å². The highest BCUT2D eigenvalue weighted by Gasteiger charge is 2.32. The summed E-state index contributed by atoms with van der Waals surface area (Å²) in [5, 5.41) is 3.97. The summed E-state index contributed by atoms with van der Waals surface area (Å²) in [7, 11) is 0. The maximum atomic E-state index is 12.7. The molecule has 1 heterocycles. The van der Waals surface area contributed by atoms with Gasteiger partial charge in [0.1, 0.15) is 5.70 Å². The Morgan fingerprint density at radius 1 is 1.26 bits per heavy atom. The van der Waals surface area contributed by atoms with Crippen molar-refractivity contribution in [3.8, 4) is 0 Å². The number of nitrogens with one attached hydrogen (secondary N) is 1. The van der Waals surface area contributed by atoms with Crippen molar-refractivity contribution in [2.75, 3.05) is 4.90 Å². The Labute approximate surface area is 153 Å². The Hall–Kier alpha value is -1.69. The van der Waals surface area contributed by atoms with Crippen LogP contribution in [0.2, 0.25) is 5.02 Å². The highest BCUT2D eigenvalue weighted by Crippen LogP contribution is 2.28. The minimum Gasteiger partial charge on any atom is -0.327 e. The fraction of sp³-hybridized carbons (Fsp3) is 0.0588. The summed E-state index contributed by atoms with van der Waals surface area (Å²) in [6.07, 6.45) is 1.78. The van der Waals surface area contributed by atoms with Gasteiger partial charge in [0.15, 0.2) is 5.11 Å². The van der Waals surface area contributed by atoms with Crippen molar-refractivity contribution < 1.29 is 4.79 Å². The van der Waals surface area contributed by atoms with E-state index in [2.05, 4.69) is 21.2 Å². The second kappa shape index (κ2) is 6.43. The van der Waals surface area contributed by atoms with Crippen molar-refractivity contribution in [1.29, 1.82) is 0 Å². The van der Waals surface area contributed by atoms with Crippen molar-refractivity contribution >= 4 is 62.5 Å². The maximum absolute atomic E-state index is 12.7. The van der Waals surface area contributed by atoms with E-state index in [1.54, 1.807) is 18.2 Å². The van der Waals surface area contributed by atoms with Crippen LogP contribution in [0.25, 0.3) is 6.08 Å². The number of rotatable bonds is 2. The largest absolute Gasteiger partial charge is 0.327 e. The Balaban J connectivity index is 1.99. The van der Waals surface area contributed by atoms with Crippen LogP contribution in [-0.4, -0.2) is 11.0 Å². The molecule has 3 nitrogen and oxygen atoms in total. The number of benzene rings is 2. The van der Waals surface area contributed by atoms with E-state index >= 15 is 0 Å². The van der Waals surface area contributed by atoms with Crippen LogP contribution < -0.4 is 10.2 Å². The molecule has 0 aromatic heterocycles. The van der Waals surface area contributed by atoms with Gasteiger partial charge in [-0.1, -0.05) is 45.7 Å². The highest BCUT2D eigenvalue weighted by molar-refractivity contribution is 9.10. The SMILES string of the molecule is Cc1cc(Cl)ccc1N1C(=O)/C(=C\c2ccccc2Br)NC1=S. The monoisotopic (exact) mass is 406 g/mol. The van der Waals surface area contributed by atoms with Crippen molar-refractivity contribution in [1.82, 2.24) is 5.32 Å². The number of anilines is 1. The molecule has 23 heavy (non-hydrogen) atoms. The first-order valence-electron chi connectivity index (χ1n) is 6.85. The minimum atomic E-state index is -0.184. The highest BCUT2D eigenvalue weighted by atomic mass is 79.9. The van der Waals surface area contributed by atoms with Crippen LogP contribution in [0.3, 0.4) is 0 Å². The van der Waals surface area contributed by atoms with Crippen LogP contribution >= 0.6 is 39.7 Å².